The minimum Gasteiger partial charge on any atom is -0.496 e. The van der Waals surface area contributed by atoms with Gasteiger partial charge in [0.25, 0.3) is 0 Å². The van der Waals surface area contributed by atoms with Crippen molar-refractivity contribution in [1.29, 1.82) is 0 Å². The Hall–Kier alpha value is -3.80. The molecule has 1 atom stereocenters. The maximum atomic E-state index is 14.4. The van der Waals surface area contributed by atoms with E-state index in [1.54, 1.807) is 24.3 Å². The van der Waals surface area contributed by atoms with Gasteiger partial charge in [0.2, 0.25) is 5.78 Å². The van der Waals surface area contributed by atoms with E-state index in [-0.39, 0.29) is 22.6 Å². The first-order valence-electron chi connectivity index (χ1n) is 8.89. The summed E-state index contributed by atoms with van der Waals surface area (Å²) in [7, 11) is 1.38. The second kappa shape index (κ2) is 7.31. The van der Waals surface area contributed by atoms with Crippen LogP contribution in [0.15, 0.2) is 71.7 Å². The van der Waals surface area contributed by atoms with E-state index in [2.05, 4.69) is 4.99 Å². The molecule has 0 amide bonds. The third kappa shape index (κ3) is 3.18. The van der Waals surface area contributed by atoms with Crippen LogP contribution in [-0.2, 0) is 0 Å². The summed E-state index contributed by atoms with van der Waals surface area (Å²) in [5.74, 6) is -2.11. The molecule has 144 valence electrons. The van der Waals surface area contributed by atoms with Crippen LogP contribution in [0.4, 0.5) is 4.39 Å². The van der Waals surface area contributed by atoms with E-state index in [0.29, 0.717) is 5.56 Å². The minimum atomic E-state index is -1.02. The predicted octanol–water partition coefficient (Wildman–Crippen LogP) is 4.31. The molecular weight excluding hydrogens is 373 g/mol. The van der Waals surface area contributed by atoms with E-state index in [9.17, 15) is 14.0 Å². The van der Waals surface area contributed by atoms with Gasteiger partial charge in [0.1, 0.15) is 28.9 Å². The van der Waals surface area contributed by atoms with Crippen LogP contribution < -0.4 is 4.74 Å². The highest BCUT2D eigenvalue weighted by molar-refractivity contribution is 6.52. The number of hydrogen-bond acceptors (Lipinski definition) is 4. The van der Waals surface area contributed by atoms with E-state index in [1.807, 2.05) is 12.1 Å². The van der Waals surface area contributed by atoms with Gasteiger partial charge in [-0.25, -0.2) is 9.18 Å². The summed E-state index contributed by atoms with van der Waals surface area (Å²) in [4.78, 5) is 28.9. The summed E-state index contributed by atoms with van der Waals surface area (Å²) in [6.07, 6.45) is 0. The van der Waals surface area contributed by atoms with Gasteiger partial charge >= 0.3 is 5.97 Å². The van der Waals surface area contributed by atoms with Crippen molar-refractivity contribution >= 4 is 17.5 Å². The number of carboxylic acid groups (broad SMARTS) is 1. The predicted molar refractivity (Wildman–Crippen MR) is 106 cm³/mol. The number of benzene rings is 3. The van der Waals surface area contributed by atoms with E-state index in [1.165, 1.54) is 37.4 Å². The average Bonchev–Trinajstić information content (AvgIpc) is 3.13. The zero-order valence-electron chi connectivity index (χ0n) is 15.4. The Kier molecular flexibility index (Phi) is 4.68. The normalized spacial score (nSPS) is 14.8. The lowest BCUT2D eigenvalue weighted by molar-refractivity contribution is 0.0696. The van der Waals surface area contributed by atoms with Crippen LogP contribution in [0.3, 0.4) is 0 Å². The maximum absolute atomic E-state index is 14.4. The molecule has 29 heavy (non-hydrogen) atoms. The number of fused-ring (bicyclic) bond motifs is 1. The fourth-order valence-electron chi connectivity index (χ4n) is 3.48. The zero-order valence-corrected chi connectivity index (χ0v) is 15.4. The number of methoxy groups -OCH3 is 1. The number of carbonyl (C=O) groups is 2. The number of aromatic carboxylic acids is 1. The SMILES string of the molecule is COc1cccc(F)c1C(=O)C1=NC(c2ccc(C(=O)O)cc2)c2ccccc21. The van der Waals surface area contributed by atoms with Crippen LogP contribution in [0.25, 0.3) is 0 Å². The molecule has 0 radical (unpaired) electrons. The third-order valence-corrected chi connectivity index (χ3v) is 4.88. The summed E-state index contributed by atoms with van der Waals surface area (Å²) in [6, 6.07) is 17.3. The Bertz CT molecular complexity index is 1150. The Balaban J connectivity index is 1.81. The van der Waals surface area contributed by atoms with Crippen molar-refractivity contribution < 1.29 is 23.8 Å². The molecule has 0 aromatic heterocycles. The second-order valence-corrected chi connectivity index (χ2v) is 6.54. The highest BCUT2D eigenvalue weighted by Gasteiger charge is 2.32. The molecule has 4 rings (SSSR count). The number of nitrogens with zero attached hydrogens (tertiary/aromatic N) is 1. The zero-order chi connectivity index (χ0) is 20.5. The smallest absolute Gasteiger partial charge is 0.335 e. The maximum Gasteiger partial charge on any atom is 0.335 e. The van der Waals surface area contributed by atoms with Crippen LogP contribution in [0.5, 0.6) is 5.75 Å². The van der Waals surface area contributed by atoms with Crippen molar-refractivity contribution in [2.75, 3.05) is 7.11 Å². The topological polar surface area (TPSA) is 76.0 Å². The molecule has 0 bridgehead atoms. The lowest BCUT2D eigenvalue weighted by atomic mass is 9.94. The summed E-state index contributed by atoms with van der Waals surface area (Å²) in [6.45, 7) is 0. The van der Waals surface area contributed by atoms with Crippen molar-refractivity contribution in [2.24, 2.45) is 4.99 Å². The molecule has 0 spiro atoms. The summed E-state index contributed by atoms with van der Waals surface area (Å²) in [5, 5.41) is 9.10. The monoisotopic (exact) mass is 389 g/mol. The van der Waals surface area contributed by atoms with Crippen molar-refractivity contribution in [3.63, 3.8) is 0 Å². The van der Waals surface area contributed by atoms with Gasteiger partial charge < -0.3 is 9.84 Å². The van der Waals surface area contributed by atoms with Gasteiger partial charge in [0.15, 0.2) is 0 Å². The van der Waals surface area contributed by atoms with Crippen molar-refractivity contribution in [2.45, 2.75) is 6.04 Å². The number of Topliss-reactive ketones (excluding diaryl/α,β-unsaturated/α-hetero) is 1. The van der Waals surface area contributed by atoms with Crippen molar-refractivity contribution in [3.8, 4) is 5.75 Å². The molecule has 1 aliphatic rings. The molecule has 3 aromatic carbocycles. The third-order valence-electron chi connectivity index (χ3n) is 4.88. The van der Waals surface area contributed by atoms with E-state index >= 15 is 0 Å². The van der Waals surface area contributed by atoms with Crippen LogP contribution in [0.1, 0.15) is 43.4 Å². The Morgan fingerprint density at radius 1 is 1.00 bits per heavy atom. The first kappa shape index (κ1) is 18.6. The molecule has 1 unspecified atom stereocenters. The Morgan fingerprint density at radius 3 is 2.41 bits per heavy atom. The first-order chi connectivity index (χ1) is 14.0. The van der Waals surface area contributed by atoms with E-state index < -0.39 is 23.6 Å². The molecule has 0 fully saturated rings. The Labute approximate surface area is 166 Å². The van der Waals surface area contributed by atoms with Crippen LogP contribution >= 0.6 is 0 Å². The standard InChI is InChI=1S/C23H16FNO4/c1-29-18-8-4-7-17(24)19(18)22(26)21-16-6-3-2-5-15(16)20(25-21)13-9-11-14(12-10-13)23(27)28/h2-12,20H,1H3,(H,27,28). The minimum absolute atomic E-state index is 0.143. The fourth-order valence-corrected chi connectivity index (χ4v) is 3.48. The van der Waals surface area contributed by atoms with Gasteiger partial charge in [0, 0.05) is 5.56 Å². The van der Waals surface area contributed by atoms with Gasteiger partial charge in [0.05, 0.1) is 12.7 Å². The molecule has 0 saturated carbocycles. The lowest BCUT2D eigenvalue weighted by Crippen LogP contribution is -2.17. The van der Waals surface area contributed by atoms with Crippen molar-refractivity contribution in [3.05, 3.63) is 100 Å². The van der Waals surface area contributed by atoms with Gasteiger partial charge in [-0.05, 0) is 35.4 Å². The lowest BCUT2D eigenvalue weighted by Gasteiger charge is -2.10. The number of ketones is 1. The van der Waals surface area contributed by atoms with Crippen LogP contribution in [-0.4, -0.2) is 29.7 Å². The number of carboxylic acids is 1. The van der Waals surface area contributed by atoms with E-state index in [0.717, 1.165) is 11.1 Å². The molecule has 1 aliphatic heterocycles. The average molecular weight is 389 g/mol. The molecule has 0 saturated heterocycles. The van der Waals surface area contributed by atoms with Gasteiger partial charge in [-0.1, -0.05) is 42.5 Å². The highest BCUT2D eigenvalue weighted by atomic mass is 19.1. The molecule has 5 nitrogen and oxygen atoms in total. The molecule has 0 aliphatic carbocycles. The summed E-state index contributed by atoms with van der Waals surface area (Å²) < 4.78 is 19.6. The largest absolute Gasteiger partial charge is 0.496 e. The first-order valence-corrected chi connectivity index (χ1v) is 8.89. The number of aliphatic imine (C=N–C) groups is 1. The highest BCUT2D eigenvalue weighted by Crippen LogP contribution is 2.37. The number of rotatable bonds is 5. The van der Waals surface area contributed by atoms with Gasteiger partial charge in [-0.15, -0.1) is 0 Å². The van der Waals surface area contributed by atoms with Gasteiger partial charge in [-0.2, -0.15) is 0 Å². The summed E-state index contributed by atoms with van der Waals surface area (Å²) >= 11 is 0. The second-order valence-electron chi connectivity index (χ2n) is 6.54. The number of halogens is 1. The summed E-state index contributed by atoms with van der Waals surface area (Å²) in [5.41, 5.74) is 2.31. The molecular formula is C23H16FNO4. The molecule has 1 heterocycles. The molecule has 1 N–H and O–H groups in total. The quantitative estimate of drug-likeness (QED) is 0.660. The Morgan fingerprint density at radius 2 is 1.72 bits per heavy atom. The molecule has 6 heteroatoms. The number of ether oxygens (including phenoxy) is 1. The van der Waals surface area contributed by atoms with Gasteiger partial charge in [-0.3, -0.25) is 9.79 Å². The van der Waals surface area contributed by atoms with E-state index in [4.69, 9.17) is 9.84 Å². The number of hydrogen-bond donors (Lipinski definition) is 1. The van der Waals surface area contributed by atoms with Crippen LogP contribution in [0, 0.1) is 5.82 Å². The molecule has 3 aromatic rings. The van der Waals surface area contributed by atoms with Crippen molar-refractivity contribution in [1.82, 2.24) is 0 Å². The number of carbonyl (C=O) groups excluding carboxylic acids is 1. The van der Waals surface area contributed by atoms with Crippen LogP contribution in [0.2, 0.25) is 0 Å². The fraction of sp³-hybridized carbons (Fsp3) is 0.0870.